The number of carbonyl (C=O) groups excluding carboxylic acids is 1. The van der Waals surface area contributed by atoms with Crippen molar-refractivity contribution >= 4 is 29.1 Å². The first-order valence-electron chi connectivity index (χ1n) is 9.31. The molecule has 7 heteroatoms. The molecule has 1 aliphatic heterocycles. The third-order valence-electron chi connectivity index (χ3n) is 4.45. The Balaban J connectivity index is 1.47. The fraction of sp³-hybridized carbons (Fsp3) is 0.400. The number of nitrogens with one attached hydrogen (secondary N) is 2. The average molecular weight is 389 g/mol. The summed E-state index contributed by atoms with van der Waals surface area (Å²) < 4.78 is 5.54. The first-order chi connectivity index (χ1) is 13.2. The normalized spacial score (nSPS) is 14.7. The van der Waals surface area contributed by atoms with E-state index in [4.69, 9.17) is 16.3 Å². The molecule has 0 radical (unpaired) electrons. The number of aromatic nitrogens is 1. The van der Waals surface area contributed by atoms with E-state index in [1.165, 1.54) is 0 Å². The molecule has 0 unspecified atom stereocenters. The summed E-state index contributed by atoms with van der Waals surface area (Å²) in [6.45, 7) is 4.40. The van der Waals surface area contributed by atoms with Crippen molar-refractivity contribution in [2.75, 3.05) is 29.9 Å². The maximum absolute atomic E-state index is 12.3. The summed E-state index contributed by atoms with van der Waals surface area (Å²) in [5.74, 6) is 1.62. The molecule has 2 amide bonds. The summed E-state index contributed by atoms with van der Waals surface area (Å²) in [6, 6.07) is 11.1. The van der Waals surface area contributed by atoms with Crippen LogP contribution in [0.1, 0.15) is 26.2 Å². The Morgan fingerprint density at radius 1 is 1.30 bits per heavy atom. The summed E-state index contributed by atoms with van der Waals surface area (Å²) >= 11 is 6.21. The van der Waals surface area contributed by atoms with E-state index in [9.17, 15) is 4.79 Å². The lowest BCUT2D eigenvalue weighted by Crippen LogP contribution is -2.46. The number of pyridine rings is 1. The van der Waals surface area contributed by atoms with Crippen molar-refractivity contribution in [1.29, 1.82) is 0 Å². The fourth-order valence-electron chi connectivity index (χ4n) is 3.05. The van der Waals surface area contributed by atoms with Crippen molar-refractivity contribution < 1.29 is 9.53 Å². The number of amides is 2. The van der Waals surface area contributed by atoms with Crippen LogP contribution in [0.2, 0.25) is 5.02 Å². The van der Waals surface area contributed by atoms with Crippen molar-refractivity contribution in [1.82, 2.24) is 10.3 Å². The Morgan fingerprint density at radius 2 is 2.11 bits per heavy atom. The molecule has 0 spiro atoms. The van der Waals surface area contributed by atoms with Gasteiger partial charge in [-0.05, 0) is 49.6 Å². The molecule has 3 rings (SSSR count). The van der Waals surface area contributed by atoms with Crippen molar-refractivity contribution in [3.05, 3.63) is 47.6 Å². The van der Waals surface area contributed by atoms with Crippen LogP contribution in [0.5, 0.6) is 5.75 Å². The Labute approximate surface area is 164 Å². The Hall–Kier alpha value is -2.47. The number of rotatable bonds is 6. The van der Waals surface area contributed by atoms with Crippen LogP contribution in [0.25, 0.3) is 0 Å². The van der Waals surface area contributed by atoms with E-state index in [0.29, 0.717) is 23.1 Å². The van der Waals surface area contributed by atoms with Gasteiger partial charge in [0.15, 0.2) is 0 Å². The molecule has 1 aromatic carbocycles. The van der Waals surface area contributed by atoms with Crippen LogP contribution in [-0.4, -0.2) is 36.8 Å². The molecule has 2 aromatic rings. The van der Waals surface area contributed by atoms with Crippen LogP contribution < -0.4 is 20.3 Å². The lowest BCUT2D eigenvalue weighted by Gasteiger charge is -2.33. The maximum atomic E-state index is 12.3. The van der Waals surface area contributed by atoms with Gasteiger partial charge < -0.3 is 20.3 Å². The van der Waals surface area contributed by atoms with Gasteiger partial charge in [0.2, 0.25) is 0 Å². The van der Waals surface area contributed by atoms with Gasteiger partial charge in [-0.2, -0.15) is 0 Å². The highest BCUT2D eigenvalue weighted by molar-refractivity contribution is 6.32. The number of ether oxygens (including phenoxy) is 1. The van der Waals surface area contributed by atoms with E-state index in [0.717, 1.165) is 38.2 Å². The quantitative estimate of drug-likeness (QED) is 0.773. The van der Waals surface area contributed by atoms with E-state index >= 15 is 0 Å². The van der Waals surface area contributed by atoms with Gasteiger partial charge in [-0.15, -0.1) is 0 Å². The highest BCUT2D eigenvalue weighted by atomic mass is 35.5. The second-order valence-electron chi connectivity index (χ2n) is 6.54. The smallest absolute Gasteiger partial charge is 0.319 e. The molecule has 6 nitrogen and oxygen atoms in total. The molecule has 144 valence electrons. The Kier molecular flexibility index (Phi) is 6.76. The molecule has 27 heavy (non-hydrogen) atoms. The first kappa shape index (κ1) is 19.3. The van der Waals surface area contributed by atoms with Crippen LogP contribution >= 0.6 is 11.6 Å². The number of halogens is 1. The van der Waals surface area contributed by atoms with Gasteiger partial charge in [0.05, 0.1) is 11.6 Å². The van der Waals surface area contributed by atoms with Crippen LogP contribution in [0.4, 0.5) is 16.3 Å². The van der Waals surface area contributed by atoms with Crippen LogP contribution in [0.3, 0.4) is 0 Å². The lowest BCUT2D eigenvalue weighted by atomic mass is 10.1. The van der Waals surface area contributed by atoms with Gasteiger partial charge >= 0.3 is 6.03 Å². The summed E-state index contributed by atoms with van der Waals surface area (Å²) in [4.78, 5) is 18.9. The summed E-state index contributed by atoms with van der Waals surface area (Å²) in [7, 11) is 0. The standard InChI is InChI=1S/C20H25ClN4O2/c1-2-13-27-18-7-6-16(14-17(18)21)24-20(26)23-15-8-11-25(12-9-15)19-5-3-4-10-22-19/h3-7,10,14-15H,2,8-9,11-13H2,1H3,(H2,23,24,26). The van der Waals surface area contributed by atoms with Gasteiger partial charge in [0.1, 0.15) is 11.6 Å². The van der Waals surface area contributed by atoms with Gasteiger partial charge in [0, 0.05) is 31.0 Å². The van der Waals surface area contributed by atoms with Gasteiger partial charge in [-0.25, -0.2) is 9.78 Å². The molecule has 2 heterocycles. The largest absolute Gasteiger partial charge is 0.492 e. The summed E-state index contributed by atoms with van der Waals surface area (Å²) in [6.07, 6.45) is 4.48. The maximum Gasteiger partial charge on any atom is 0.319 e. The zero-order chi connectivity index (χ0) is 19.1. The number of piperidine rings is 1. The number of benzene rings is 1. The predicted molar refractivity (Wildman–Crippen MR) is 109 cm³/mol. The molecule has 0 aliphatic carbocycles. The topological polar surface area (TPSA) is 66.5 Å². The number of anilines is 2. The number of carbonyl (C=O) groups is 1. The number of urea groups is 1. The molecule has 2 N–H and O–H groups in total. The highest BCUT2D eigenvalue weighted by Crippen LogP contribution is 2.27. The van der Waals surface area contributed by atoms with Crippen molar-refractivity contribution in [3.8, 4) is 5.75 Å². The van der Waals surface area contributed by atoms with E-state index in [-0.39, 0.29) is 12.1 Å². The Morgan fingerprint density at radius 3 is 2.78 bits per heavy atom. The molecule has 0 saturated carbocycles. The van der Waals surface area contributed by atoms with Crippen LogP contribution in [0, 0.1) is 0 Å². The van der Waals surface area contributed by atoms with Gasteiger partial charge in [0.25, 0.3) is 0 Å². The molecular formula is C20H25ClN4O2. The zero-order valence-corrected chi connectivity index (χ0v) is 16.2. The second-order valence-corrected chi connectivity index (χ2v) is 6.95. The van der Waals surface area contributed by atoms with Crippen molar-refractivity contribution in [3.63, 3.8) is 0 Å². The third-order valence-corrected chi connectivity index (χ3v) is 4.75. The van der Waals surface area contributed by atoms with Gasteiger partial charge in [-0.3, -0.25) is 0 Å². The third kappa shape index (κ3) is 5.50. The molecule has 1 aromatic heterocycles. The molecule has 1 aliphatic rings. The number of hydrogen-bond acceptors (Lipinski definition) is 4. The van der Waals surface area contributed by atoms with E-state index < -0.39 is 0 Å². The first-order valence-corrected chi connectivity index (χ1v) is 9.69. The Bertz CT molecular complexity index is 749. The van der Waals surface area contributed by atoms with Gasteiger partial charge in [-0.1, -0.05) is 24.6 Å². The van der Waals surface area contributed by atoms with Crippen molar-refractivity contribution in [2.45, 2.75) is 32.2 Å². The highest BCUT2D eigenvalue weighted by Gasteiger charge is 2.21. The second kappa shape index (κ2) is 9.46. The van der Waals surface area contributed by atoms with E-state index in [2.05, 4.69) is 20.5 Å². The zero-order valence-electron chi connectivity index (χ0n) is 15.5. The minimum atomic E-state index is -0.218. The molecule has 0 atom stereocenters. The number of nitrogens with zero attached hydrogens (tertiary/aromatic N) is 2. The van der Waals surface area contributed by atoms with E-state index in [1.54, 1.807) is 24.4 Å². The van der Waals surface area contributed by atoms with Crippen molar-refractivity contribution in [2.24, 2.45) is 0 Å². The number of hydrogen-bond donors (Lipinski definition) is 2. The molecule has 1 fully saturated rings. The monoisotopic (exact) mass is 388 g/mol. The average Bonchev–Trinajstić information content (AvgIpc) is 2.68. The predicted octanol–water partition coefficient (Wildman–Crippen LogP) is 4.31. The summed E-state index contributed by atoms with van der Waals surface area (Å²) in [5.41, 5.74) is 0.646. The minimum Gasteiger partial charge on any atom is -0.492 e. The SMILES string of the molecule is CCCOc1ccc(NC(=O)NC2CCN(c3ccccn3)CC2)cc1Cl. The molecular weight excluding hydrogens is 364 g/mol. The minimum absolute atomic E-state index is 0.146. The van der Waals surface area contributed by atoms with Crippen LogP contribution in [0.15, 0.2) is 42.6 Å². The lowest BCUT2D eigenvalue weighted by molar-refractivity contribution is 0.246. The molecule has 1 saturated heterocycles. The van der Waals surface area contributed by atoms with Crippen LogP contribution in [-0.2, 0) is 0 Å². The summed E-state index contributed by atoms with van der Waals surface area (Å²) in [5, 5.41) is 6.37. The fourth-order valence-corrected chi connectivity index (χ4v) is 3.29. The molecule has 0 bridgehead atoms. The van der Waals surface area contributed by atoms with E-state index in [1.807, 2.05) is 25.1 Å².